The second kappa shape index (κ2) is 5.17. The average molecular weight is 229 g/mol. The van der Waals surface area contributed by atoms with E-state index in [1.54, 1.807) is 0 Å². The molecule has 0 radical (unpaired) electrons. The van der Waals surface area contributed by atoms with Gasteiger partial charge in [0, 0.05) is 17.3 Å². The van der Waals surface area contributed by atoms with Gasteiger partial charge in [-0.25, -0.2) is 8.42 Å². The Bertz CT molecular complexity index is 228. The molecule has 0 aliphatic carbocycles. The third-order valence-electron chi connectivity index (χ3n) is 1.47. The van der Waals surface area contributed by atoms with Crippen LogP contribution < -0.4 is 0 Å². The van der Waals surface area contributed by atoms with Crippen LogP contribution in [0.15, 0.2) is 0 Å². The highest BCUT2D eigenvalue weighted by atomic mass is 35.7. The minimum atomic E-state index is -3.39. The van der Waals surface area contributed by atoms with Crippen LogP contribution in [0, 0.1) is 5.41 Å². The minimum Gasteiger partial charge on any atom is -0.380 e. The molecule has 80 valence electrons. The first-order valence-corrected chi connectivity index (χ1v) is 6.69. The summed E-state index contributed by atoms with van der Waals surface area (Å²) in [6.07, 6.45) is 0.912. The van der Waals surface area contributed by atoms with Crippen molar-refractivity contribution >= 4 is 19.7 Å². The molecule has 5 heteroatoms. The SMILES string of the molecule is CC(C)(C)CCOCCS(=O)(=O)Cl. The summed E-state index contributed by atoms with van der Waals surface area (Å²) in [5.74, 6) is -0.112. The molecule has 0 saturated carbocycles. The zero-order valence-corrected chi connectivity index (χ0v) is 9.91. The summed E-state index contributed by atoms with van der Waals surface area (Å²) in [6.45, 7) is 7.08. The molecule has 13 heavy (non-hydrogen) atoms. The molecule has 0 fully saturated rings. The molecule has 0 heterocycles. The first kappa shape index (κ1) is 13.2. The largest absolute Gasteiger partial charge is 0.380 e. The van der Waals surface area contributed by atoms with E-state index in [0.29, 0.717) is 6.61 Å². The van der Waals surface area contributed by atoms with Gasteiger partial charge in [-0.15, -0.1) is 0 Å². The summed E-state index contributed by atoms with van der Waals surface area (Å²) in [5.41, 5.74) is 0.222. The summed E-state index contributed by atoms with van der Waals surface area (Å²) in [5, 5.41) is 0. The van der Waals surface area contributed by atoms with Crippen LogP contribution in [0.2, 0.25) is 0 Å². The van der Waals surface area contributed by atoms with Gasteiger partial charge < -0.3 is 4.74 Å². The smallest absolute Gasteiger partial charge is 0.234 e. The highest BCUT2D eigenvalue weighted by molar-refractivity contribution is 8.13. The third kappa shape index (κ3) is 12.2. The maximum absolute atomic E-state index is 10.5. The van der Waals surface area contributed by atoms with Gasteiger partial charge in [0.25, 0.3) is 0 Å². The molecular formula is C8H17ClO3S. The first-order chi connectivity index (χ1) is 5.71. The quantitative estimate of drug-likeness (QED) is 0.534. The zero-order valence-electron chi connectivity index (χ0n) is 8.34. The molecule has 0 unspecified atom stereocenters. The van der Waals surface area contributed by atoms with Crippen LogP contribution in [0.5, 0.6) is 0 Å². The molecule has 0 aromatic carbocycles. The fourth-order valence-electron chi connectivity index (χ4n) is 0.639. The number of hydrogen-bond acceptors (Lipinski definition) is 3. The van der Waals surface area contributed by atoms with Crippen LogP contribution >= 0.6 is 10.7 Å². The Morgan fingerprint density at radius 3 is 2.15 bits per heavy atom. The fraction of sp³-hybridized carbons (Fsp3) is 1.00. The molecule has 0 spiro atoms. The van der Waals surface area contributed by atoms with Crippen molar-refractivity contribution < 1.29 is 13.2 Å². The standard InChI is InChI=1S/C8H17ClO3S/c1-8(2,3)4-5-12-6-7-13(9,10)11/h4-7H2,1-3H3. The van der Waals surface area contributed by atoms with Crippen LogP contribution in [-0.2, 0) is 13.8 Å². The summed E-state index contributed by atoms with van der Waals surface area (Å²) >= 11 is 0. The lowest BCUT2D eigenvalue weighted by Gasteiger charge is -2.17. The topological polar surface area (TPSA) is 43.4 Å². The maximum atomic E-state index is 10.5. The van der Waals surface area contributed by atoms with Crippen molar-refractivity contribution in [3.8, 4) is 0 Å². The molecular weight excluding hydrogens is 212 g/mol. The van der Waals surface area contributed by atoms with Crippen molar-refractivity contribution in [1.82, 2.24) is 0 Å². The van der Waals surface area contributed by atoms with Crippen molar-refractivity contribution in [1.29, 1.82) is 0 Å². The minimum absolute atomic E-state index is 0.112. The second-order valence-corrected chi connectivity index (χ2v) is 7.06. The Labute approximate surface area is 84.8 Å². The molecule has 0 aliphatic rings. The molecule has 0 saturated heterocycles. The van der Waals surface area contributed by atoms with E-state index in [1.165, 1.54) is 0 Å². The van der Waals surface area contributed by atoms with Crippen LogP contribution in [0.25, 0.3) is 0 Å². The number of halogens is 1. The van der Waals surface area contributed by atoms with Gasteiger partial charge in [0.2, 0.25) is 9.05 Å². The number of ether oxygens (including phenoxy) is 1. The third-order valence-corrected chi connectivity index (χ3v) is 2.59. The Morgan fingerprint density at radius 1 is 1.23 bits per heavy atom. The highest BCUT2D eigenvalue weighted by Crippen LogP contribution is 2.17. The van der Waals surface area contributed by atoms with Crippen LogP contribution in [0.1, 0.15) is 27.2 Å². The lowest BCUT2D eigenvalue weighted by atomic mass is 9.93. The Morgan fingerprint density at radius 2 is 1.77 bits per heavy atom. The van der Waals surface area contributed by atoms with Crippen LogP contribution in [0.3, 0.4) is 0 Å². The van der Waals surface area contributed by atoms with Gasteiger partial charge in [-0.3, -0.25) is 0 Å². The van der Waals surface area contributed by atoms with Gasteiger partial charge in [0.1, 0.15) is 0 Å². The van der Waals surface area contributed by atoms with Crippen LogP contribution in [0.4, 0.5) is 0 Å². The zero-order chi connectivity index (χ0) is 10.5. The first-order valence-electron chi connectivity index (χ1n) is 4.21. The predicted molar refractivity (Wildman–Crippen MR) is 54.5 cm³/mol. The van der Waals surface area contributed by atoms with Crippen molar-refractivity contribution in [3.05, 3.63) is 0 Å². The van der Waals surface area contributed by atoms with E-state index >= 15 is 0 Å². The molecule has 0 atom stereocenters. The summed E-state index contributed by atoms with van der Waals surface area (Å²) < 4.78 is 26.1. The second-order valence-electron chi connectivity index (χ2n) is 4.17. The Hall–Kier alpha value is 0.200. The van der Waals surface area contributed by atoms with Crippen molar-refractivity contribution in [2.24, 2.45) is 5.41 Å². The van der Waals surface area contributed by atoms with Gasteiger partial charge in [-0.1, -0.05) is 20.8 Å². The van der Waals surface area contributed by atoms with E-state index in [4.69, 9.17) is 15.4 Å². The van der Waals surface area contributed by atoms with E-state index in [0.717, 1.165) is 6.42 Å². The maximum Gasteiger partial charge on any atom is 0.234 e. The van der Waals surface area contributed by atoms with Crippen LogP contribution in [-0.4, -0.2) is 27.4 Å². The summed E-state index contributed by atoms with van der Waals surface area (Å²) in [4.78, 5) is 0. The van der Waals surface area contributed by atoms with Gasteiger partial charge in [-0.2, -0.15) is 0 Å². The Kier molecular flexibility index (Phi) is 5.25. The molecule has 0 aromatic rings. The van der Waals surface area contributed by atoms with E-state index in [2.05, 4.69) is 20.8 Å². The van der Waals surface area contributed by atoms with Gasteiger partial charge in [0.15, 0.2) is 0 Å². The van der Waals surface area contributed by atoms with Gasteiger partial charge >= 0.3 is 0 Å². The molecule has 0 aromatic heterocycles. The number of hydrogen-bond donors (Lipinski definition) is 0. The molecule has 0 rings (SSSR count). The van der Waals surface area contributed by atoms with E-state index in [-0.39, 0.29) is 17.8 Å². The van der Waals surface area contributed by atoms with Crippen molar-refractivity contribution in [2.75, 3.05) is 19.0 Å². The normalized spacial score (nSPS) is 13.2. The van der Waals surface area contributed by atoms with Gasteiger partial charge in [-0.05, 0) is 11.8 Å². The predicted octanol–water partition coefficient (Wildman–Crippen LogP) is 2.01. The Balaban J connectivity index is 3.39. The molecule has 3 nitrogen and oxygen atoms in total. The molecule has 0 amide bonds. The van der Waals surface area contributed by atoms with Crippen molar-refractivity contribution in [2.45, 2.75) is 27.2 Å². The number of rotatable bonds is 5. The van der Waals surface area contributed by atoms with E-state index in [9.17, 15) is 8.42 Å². The highest BCUT2D eigenvalue weighted by Gasteiger charge is 2.10. The lowest BCUT2D eigenvalue weighted by Crippen LogP contribution is -2.12. The molecule has 0 bridgehead atoms. The van der Waals surface area contributed by atoms with E-state index in [1.807, 2.05) is 0 Å². The fourth-order valence-corrected chi connectivity index (χ4v) is 1.14. The molecule has 0 N–H and O–H groups in total. The summed E-state index contributed by atoms with van der Waals surface area (Å²) in [7, 11) is 1.60. The monoisotopic (exact) mass is 228 g/mol. The van der Waals surface area contributed by atoms with Crippen molar-refractivity contribution in [3.63, 3.8) is 0 Å². The molecule has 0 aliphatic heterocycles. The van der Waals surface area contributed by atoms with Gasteiger partial charge in [0.05, 0.1) is 12.4 Å². The lowest BCUT2D eigenvalue weighted by molar-refractivity contribution is 0.120. The van der Waals surface area contributed by atoms with E-state index < -0.39 is 9.05 Å². The summed E-state index contributed by atoms with van der Waals surface area (Å²) in [6, 6.07) is 0. The average Bonchev–Trinajstić information content (AvgIpc) is 1.81.